The number of likely N-dealkylation sites (N-methyl/N-ethyl adjacent to an activating group) is 1. The number of hydrogen-bond donors (Lipinski definition) is 1. The zero-order valence-corrected chi connectivity index (χ0v) is 10.7. The lowest BCUT2D eigenvalue weighted by Gasteiger charge is -2.38. The molecule has 5 heteroatoms. The van der Waals surface area contributed by atoms with Gasteiger partial charge in [-0.25, -0.2) is 8.42 Å². The summed E-state index contributed by atoms with van der Waals surface area (Å²) in [5.41, 5.74) is 5.28. The van der Waals surface area contributed by atoms with E-state index in [-0.39, 0.29) is 5.25 Å². The van der Waals surface area contributed by atoms with E-state index in [1.807, 2.05) is 20.8 Å². The smallest absolute Gasteiger partial charge is 0.217 e. The second-order valence-corrected chi connectivity index (χ2v) is 6.60. The minimum Gasteiger partial charge on any atom is -0.329 e. The highest BCUT2D eigenvalue weighted by Crippen LogP contribution is 2.34. The molecule has 0 aromatic carbocycles. The number of hydrogen-bond acceptors (Lipinski definition) is 3. The van der Waals surface area contributed by atoms with E-state index in [0.717, 1.165) is 19.3 Å². The average molecular weight is 234 g/mol. The van der Waals surface area contributed by atoms with Gasteiger partial charge in [-0.2, -0.15) is 4.31 Å². The van der Waals surface area contributed by atoms with Crippen molar-refractivity contribution in [2.75, 3.05) is 13.1 Å². The van der Waals surface area contributed by atoms with Gasteiger partial charge in [-0.1, -0.05) is 13.8 Å². The predicted octanol–water partition coefficient (Wildman–Crippen LogP) is 0.928. The van der Waals surface area contributed by atoms with Crippen LogP contribution in [-0.4, -0.2) is 36.6 Å². The Hall–Kier alpha value is -0.130. The lowest BCUT2D eigenvalue weighted by Crippen LogP contribution is -2.54. The predicted molar refractivity (Wildman–Crippen MR) is 62.1 cm³/mol. The van der Waals surface area contributed by atoms with E-state index in [4.69, 9.17) is 5.73 Å². The largest absolute Gasteiger partial charge is 0.329 e. The molecule has 0 heterocycles. The molecule has 1 aliphatic rings. The van der Waals surface area contributed by atoms with Gasteiger partial charge in [0.25, 0.3) is 0 Å². The Bertz CT molecular complexity index is 305. The Balaban J connectivity index is 2.96. The van der Waals surface area contributed by atoms with Gasteiger partial charge in [0.1, 0.15) is 0 Å². The lowest BCUT2D eigenvalue weighted by molar-refractivity contribution is 0.213. The first-order chi connectivity index (χ1) is 6.92. The van der Waals surface area contributed by atoms with E-state index in [0.29, 0.717) is 13.1 Å². The maximum absolute atomic E-state index is 12.2. The second-order valence-electron chi connectivity index (χ2n) is 4.46. The Morgan fingerprint density at radius 1 is 1.40 bits per heavy atom. The van der Waals surface area contributed by atoms with Crippen LogP contribution in [0.5, 0.6) is 0 Å². The highest BCUT2D eigenvalue weighted by atomic mass is 32.2. The van der Waals surface area contributed by atoms with Crippen molar-refractivity contribution in [2.24, 2.45) is 5.73 Å². The normalized spacial score (nSPS) is 21.7. The molecule has 1 fully saturated rings. The molecule has 0 aliphatic heterocycles. The van der Waals surface area contributed by atoms with Crippen molar-refractivity contribution in [1.29, 1.82) is 0 Å². The summed E-state index contributed by atoms with van der Waals surface area (Å²) >= 11 is 0. The fourth-order valence-electron chi connectivity index (χ4n) is 1.84. The second kappa shape index (κ2) is 4.39. The lowest BCUT2D eigenvalue weighted by atomic mass is 9.99. The van der Waals surface area contributed by atoms with Gasteiger partial charge in [-0.15, -0.1) is 0 Å². The van der Waals surface area contributed by atoms with Crippen molar-refractivity contribution in [2.45, 2.75) is 50.8 Å². The topological polar surface area (TPSA) is 63.4 Å². The summed E-state index contributed by atoms with van der Waals surface area (Å²) in [4.78, 5) is 0. The van der Waals surface area contributed by atoms with Gasteiger partial charge < -0.3 is 5.73 Å². The Labute approximate surface area is 92.9 Å². The molecule has 0 saturated heterocycles. The number of rotatable bonds is 6. The van der Waals surface area contributed by atoms with E-state index >= 15 is 0 Å². The molecule has 2 N–H and O–H groups in total. The Morgan fingerprint density at radius 2 is 1.93 bits per heavy atom. The van der Waals surface area contributed by atoms with Crippen LogP contribution < -0.4 is 5.73 Å². The Kier molecular flexibility index (Phi) is 3.79. The van der Waals surface area contributed by atoms with Crippen molar-refractivity contribution < 1.29 is 8.42 Å². The van der Waals surface area contributed by atoms with Gasteiger partial charge in [0.2, 0.25) is 10.0 Å². The molecule has 90 valence electrons. The molecule has 1 atom stereocenters. The average Bonchev–Trinajstić information content (AvgIpc) is 3.01. The first kappa shape index (κ1) is 12.9. The van der Waals surface area contributed by atoms with Crippen LogP contribution in [0.3, 0.4) is 0 Å². The molecule has 4 nitrogen and oxygen atoms in total. The van der Waals surface area contributed by atoms with Gasteiger partial charge in [-0.05, 0) is 26.2 Å². The molecule has 1 saturated carbocycles. The highest BCUT2D eigenvalue weighted by molar-refractivity contribution is 7.90. The van der Waals surface area contributed by atoms with Gasteiger partial charge in [0.15, 0.2) is 0 Å². The third-order valence-corrected chi connectivity index (χ3v) is 5.97. The van der Waals surface area contributed by atoms with E-state index < -0.39 is 15.6 Å². The third kappa shape index (κ3) is 2.34. The first-order valence-electron chi connectivity index (χ1n) is 5.64. The molecule has 0 amide bonds. The fourth-order valence-corrected chi connectivity index (χ4v) is 4.11. The zero-order chi connectivity index (χ0) is 11.7. The molecular formula is C10H22N2O2S. The van der Waals surface area contributed by atoms with E-state index in [9.17, 15) is 8.42 Å². The molecule has 0 aromatic rings. The van der Waals surface area contributed by atoms with Crippen LogP contribution in [0.1, 0.15) is 40.0 Å². The van der Waals surface area contributed by atoms with Crippen molar-refractivity contribution in [3.05, 3.63) is 0 Å². The maximum Gasteiger partial charge on any atom is 0.217 e. The van der Waals surface area contributed by atoms with E-state index in [1.165, 1.54) is 0 Å². The summed E-state index contributed by atoms with van der Waals surface area (Å²) in [6.45, 7) is 6.68. The van der Waals surface area contributed by atoms with Crippen LogP contribution in [0.4, 0.5) is 0 Å². The molecule has 15 heavy (non-hydrogen) atoms. The number of nitrogens with zero attached hydrogens (tertiary/aromatic N) is 1. The van der Waals surface area contributed by atoms with Crippen LogP contribution in [0, 0.1) is 0 Å². The summed E-state index contributed by atoms with van der Waals surface area (Å²) in [5, 5.41) is -0.144. The van der Waals surface area contributed by atoms with Crippen LogP contribution in [0.25, 0.3) is 0 Å². The van der Waals surface area contributed by atoms with Crippen LogP contribution in [0.2, 0.25) is 0 Å². The summed E-state index contributed by atoms with van der Waals surface area (Å²) in [5.74, 6) is 0. The molecule has 0 spiro atoms. The monoisotopic (exact) mass is 234 g/mol. The maximum atomic E-state index is 12.2. The minimum atomic E-state index is -3.11. The van der Waals surface area contributed by atoms with Gasteiger partial charge in [0.05, 0.1) is 5.25 Å². The van der Waals surface area contributed by atoms with Gasteiger partial charge in [-0.3, -0.25) is 0 Å². The molecular weight excluding hydrogens is 212 g/mol. The molecule has 1 rings (SSSR count). The molecule has 1 unspecified atom stereocenters. The fraction of sp³-hybridized carbons (Fsp3) is 1.00. The number of sulfonamides is 1. The zero-order valence-electron chi connectivity index (χ0n) is 9.86. The molecule has 0 bridgehead atoms. The molecule has 0 radical (unpaired) electrons. The van der Waals surface area contributed by atoms with Gasteiger partial charge >= 0.3 is 0 Å². The minimum absolute atomic E-state index is 0.144. The van der Waals surface area contributed by atoms with Crippen molar-refractivity contribution >= 4 is 10.0 Å². The summed E-state index contributed by atoms with van der Waals surface area (Å²) in [6, 6.07) is 0. The van der Waals surface area contributed by atoms with Crippen LogP contribution in [-0.2, 0) is 10.0 Å². The standard InChI is InChI=1S/C10H22N2O2S/c1-4-10(3,8-11)12(5-2)15(13,14)9-6-7-9/h9H,4-8,11H2,1-3H3. The summed E-state index contributed by atoms with van der Waals surface area (Å²) < 4.78 is 25.9. The molecule has 1 aliphatic carbocycles. The summed E-state index contributed by atoms with van der Waals surface area (Å²) in [6.07, 6.45) is 2.37. The van der Waals surface area contributed by atoms with Crippen molar-refractivity contribution in [1.82, 2.24) is 4.31 Å². The van der Waals surface area contributed by atoms with Crippen LogP contribution >= 0.6 is 0 Å². The SMILES string of the molecule is CCN(C(C)(CC)CN)S(=O)(=O)C1CC1. The quantitative estimate of drug-likeness (QED) is 0.743. The highest BCUT2D eigenvalue weighted by Gasteiger charge is 2.45. The molecule has 0 aromatic heterocycles. The number of nitrogens with two attached hydrogens (primary N) is 1. The first-order valence-corrected chi connectivity index (χ1v) is 7.14. The van der Waals surface area contributed by atoms with Crippen molar-refractivity contribution in [3.8, 4) is 0 Å². The third-order valence-electron chi connectivity index (χ3n) is 3.34. The Morgan fingerprint density at radius 3 is 2.20 bits per heavy atom. The van der Waals surface area contributed by atoms with Gasteiger partial charge in [0, 0.05) is 18.6 Å². The van der Waals surface area contributed by atoms with Crippen molar-refractivity contribution in [3.63, 3.8) is 0 Å². The van der Waals surface area contributed by atoms with E-state index in [1.54, 1.807) is 4.31 Å². The van der Waals surface area contributed by atoms with Crippen LogP contribution in [0.15, 0.2) is 0 Å². The van der Waals surface area contributed by atoms with E-state index in [2.05, 4.69) is 0 Å². The summed E-state index contributed by atoms with van der Waals surface area (Å²) in [7, 11) is -3.11.